The molecule has 0 aliphatic heterocycles. The maximum absolute atomic E-state index is 11.9. The minimum atomic E-state index is -0.211. The third-order valence-corrected chi connectivity index (χ3v) is 4.67. The zero-order valence-electron chi connectivity index (χ0n) is 11.2. The summed E-state index contributed by atoms with van der Waals surface area (Å²) in [6.07, 6.45) is 0. The van der Waals surface area contributed by atoms with E-state index in [0.29, 0.717) is 15.6 Å². The van der Waals surface area contributed by atoms with Gasteiger partial charge in [0.25, 0.3) is 5.91 Å². The number of anilines is 1. The van der Waals surface area contributed by atoms with Crippen molar-refractivity contribution in [2.24, 2.45) is 0 Å². The summed E-state index contributed by atoms with van der Waals surface area (Å²) < 4.78 is 0. The number of nitrogens with one attached hydrogen (secondary N) is 2. The number of amides is 2. The Balaban J connectivity index is 1.92. The van der Waals surface area contributed by atoms with Gasteiger partial charge in [-0.15, -0.1) is 23.1 Å². The van der Waals surface area contributed by atoms with Crippen LogP contribution in [0.15, 0.2) is 40.6 Å². The van der Waals surface area contributed by atoms with E-state index in [9.17, 15) is 9.59 Å². The molecule has 0 aliphatic rings. The highest BCUT2D eigenvalue weighted by Gasteiger charge is 2.13. The first kappa shape index (κ1) is 15.9. The van der Waals surface area contributed by atoms with Gasteiger partial charge in [-0.1, -0.05) is 11.6 Å². The standard InChI is InChI=1S/C14H13ClN2O2S2/c1-16-13(19)11-6-7-20-14(11)17-12(18)8-21-10-4-2-9(15)3-5-10/h2-7H,8H2,1H3,(H,16,19)(H,17,18). The number of hydrogen-bond donors (Lipinski definition) is 2. The molecule has 0 aliphatic carbocycles. The Morgan fingerprint density at radius 3 is 2.62 bits per heavy atom. The van der Waals surface area contributed by atoms with E-state index in [-0.39, 0.29) is 17.6 Å². The molecule has 0 spiro atoms. The van der Waals surface area contributed by atoms with Gasteiger partial charge in [0.1, 0.15) is 5.00 Å². The van der Waals surface area contributed by atoms with Crippen LogP contribution in [0.5, 0.6) is 0 Å². The first-order valence-electron chi connectivity index (χ1n) is 6.08. The molecule has 0 unspecified atom stereocenters. The summed E-state index contributed by atoms with van der Waals surface area (Å²) in [6.45, 7) is 0. The summed E-state index contributed by atoms with van der Waals surface area (Å²) in [4.78, 5) is 24.5. The van der Waals surface area contributed by atoms with Crippen molar-refractivity contribution in [3.63, 3.8) is 0 Å². The number of benzene rings is 1. The molecule has 0 radical (unpaired) electrons. The molecule has 1 aromatic carbocycles. The number of rotatable bonds is 5. The van der Waals surface area contributed by atoms with Gasteiger partial charge in [0, 0.05) is 17.0 Å². The van der Waals surface area contributed by atoms with Gasteiger partial charge in [-0.3, -0.25) is 9.59 Å². The molecule has 4 nitrogen and oxygen atoms in total. The molecule has 0 saturated carbocycles. The van der Waals surface area contributed by atoms with Gasteiger partial charge in [-0.2, -0.15) is 0 Å². The first-order chi connectivity index (χ1) is 10.1. The fraction of sp³-hybridized carbons (Fsp3) is 0.143. The molecule has 110 valence electrons. The Labute approximate surface area is 135 Å². The fourth-order valence-electron chi connectivity index (χ4n) is 1.56. The predicted molar refractivity (Wildman–Crippen MR) is 88.5 cm³/mol. The van der Waals surface area contributed by atoms with E-state index in [2.05, 4.69) is 10.6 Å². The molecule has 2 rings (SSSR count). The normalized spacial score (nSPS) is 10.2. The Kier molecular flexibility index (Phi) is 5.67. The second kappa shape index (κ2) is 7.49. The third kappa shape index (κ3) is 4.49. The van der Waals surface area contributed by atoms with Gasteiger partial charge >= 0.3 is 0 Å². The lowest BCUT2D eigenvalue weighted by atomic mass is 10.3. The molecular formula is C14H13ClN2O2S2. The Hall–Kier alpha value is -1.50. The molecule has 0 fully saturated rings. The molecule has 0 atom stereocenters. The highest BCUT2D eigenvalue weighted by Crippen LogP contribution is 2.24. The number of thiophene rings is 1. The fourth-order valence-corrected chi connectivity index (χ4v) is 3.19. The Morgan fingerprint density at radius 2 is 1.95 bits per heavy atom. The van der Waals surface area contributed by atoms with Crippen LogP contribution in [0.2, 0.25) is 5.02 Å². The van der Waals surface area contributed by atoms with Crippen molar-refractivity contribution in [2.45, 2.75) is 4.90 Å². The van der Waals surface area contributed by atoms with Gasteiger partial charge in [-0.05, 0) is 35.7 Å². The second-order valence-corrected chi connectivity index (χ2v) is 6.43. The molecule has 2 amide bonds. The topological polar surface area (TPSA) is 58.2 Å². The van der Waals surface area contributed by atoms with Gasteiger partial charge in [0.15, 0.2) is 0 Å². The van der Waals surface area contributed by atoms with E-state index in [1.165, 1.54) is 23.1 Å². The Bertz CT molecular complexity index is 641. The number of halogens is 1. The van der Waals surface area contributed by atoms with E-state index >= 15 is 0 Å². The number of carbonyl (C=O) groups is 2. The average molecular weight is 341 g/mol. The van der Waals surface area contributed by atoms with Crippen LogP contribution in [0.4, 0.5) is 5.00 Å². The molecule has 0 bridgehead atoms. The minimum Gasteiger partial charge on any atom is -0.355 e. The molecule has 21 heavy (non-hydrogen) atoms. The highest BCUT2D eigenvalue weighted by molar-refractivity contribution is 8.00. The van der Waals surface area contributed by atoms with E-state index < -0.39 is 0 Å². The van der Waals surface area contributed by atoms with Gasteiger partial charge in [0.2, 0.25) is 5.91 Å². The number of thioether (sulfide) groups is 1. The van der Waals surface area contributed by atoms with Gasteiger partial charge in [-0.25, -0.2) is 0 Å². The van der Waals surface area contributed by atoms with Crippen LogP contribution in [0.25, 0.3) is 0 Å². The Morgan fingerprint density at radius 1 is 1.24 bits per heavy atom. The molecule has 1 heterocycles. The zero-order chi connectivity index (χ0) is 15.2. The maximum atomic E-state index is 11.9. The second-order valence-electron chi connectivity index (χ2n) is 4.03. The molecule has 1 aromatic heterocycles. The lowest BCUT2D eigenvalue weighted by molar-refractivity contribution is -0.113. The summed E-state index contributed by atoms with van der Waals surface area (Å²) >= 11 is 8.54. The predicted octanol–water partition coefficient (Wildman–Crippen LogP) is 3.49. The summed E-state index contributed by atoms with van der Waals surface area (Å²) in [7, 11) is 1.56. The number of hydrogen-bond acceptors (Lipinski definition) is 4. The summed E-state index contributed by atoms with van der Waals surface area (Å²) in [5.74, 6) is -0.0911. The van der Waals surface area contributed by atoms with Crippen molar-refractivity contribution in [1.82, 2.24) is 5.32 Å². The summed E-state index contributed by atoms with van der Waals surface area (Å²) in [5, 5.41) is 8.30. The van der Waals surface area contributed by atoms with Gasteiger partial charge in [0.05, 0.1) is 11.3 Å². The SMILES string of the molecule is CNC(=O)c1ccsc1NC(=O)CSc1ccc(Cl)cc1. The summed E-state index contributed by atoms with van der Waals surface area (Å²) in [6, 6.07) is 8.98. The van der Waals surface area contributed by atoms with Crippen molar-refractivity contribution >= 4 is 51.5 Å². The molecule has 2 aromatic rings. The van der Waals surface area contributed by atoms with Crippen molar-refractivity contribution in [3.05, 3.63) is 46.3 Å². The zero-order valence-corrected chi connectivity index (χ0v) is 13.6. The molecule has 2 N–H and O–H groups in total. The monoisotopic (exact) mass is 340 g/mol. The molecule has 7 heteroatoms. The van der Waals surface area contributed by atoms with E-state index in [1.54, 1.807) is 30.6 Å². The highest BCUT2D eigenvalue weighted by atomic mass is 35.5. The van der Waals surface area contributed by atoms with Crippen molar-refractivity contribution in [1.29, 1.82) is 0 Å². The van der Waals surface area contributed by atoms with Gasteiger partial charge < -0.3 is 10.6 Å². The number of carbonyl (C=O) groups excluding carboxylic acids is 2. The van der Waals surface area contributed by atoms with Crippen LogP contribution >= 0.6 is 34.7 Å². The first-order valence-corrected chi connectivity index (χ1v) is 8.32. The quantitative estimate of drug-likeness (QED) is 0.819. The lowest BCUT2D eigenvalue weighted by Gasteiger charge is -2.05. The van der Waals surface area contributed by atoms with Crippen LogP contribution in [0.1, 0.15) is 10.4 Å². The van der Waals surface area contributed by atoms with Crippen LogP contribution < -0.4 is 10.6 Å². The molecular weight excluding hydrogens is 328 g/mol. The van der Waals surface area contributed by atoms with Crippen LogP contribution in [0.3, 0.4) is 0 Å². The largest absolute Gasteiger partial charge is 0.355 e. The maximum Gasteiger partial charge on any atom is 0.254 e. The van der Waals surface area contributed by atoms with Crippen molar-refractivity contribution in [2.75, 3.05) is 18.1 Å². The lowest BCUT2D eigenvalue weighted by Crippen LogP contribution is -2.20. The summed E-state index contributed by atoms with van der Waals surface area (Å²) in [5.41, 5.74) is 0.479. The smallest absolute Gasteiger partial charge is 0.254 e. The van der Waals surface area contributed by atoms with Crippen molar-refractivity contribution in [3.8, 4) is 0 Å². The average Bonchev–Trinajstić information content (AvgIpc) is 2.94. The van der Waals surface area contributed by atoms with E-state index in [0.717, 1.165) is 4.90 Å². The van der Waals surface area contributed by atoms with Crippen LogP contribution in [0, 0.1) is 0 Å². The van der Waals surface area contributed by atoms with Crippen LogP contribution in [-0.4, -0.2) is 24.6 Å². The minimum absolute atomic E-state index is 0.150. The molecule has 0 saturated heterocycles. The van der Waals surface area contributed by atoms with E-state index in [1.807, 2.05) is 12.1 Å². The van der Waals surface area contributed by atoms with Crippen LogP contribution in [-0.2, 0) is 4.79 Å². The van der Waals surface area contributed by atoms with E-state index in [4.69, 9.17) is 11.6 Å². The van der Waals surface area contributed by atoms with Crippen molar-refractivity contribution < 1.29 is 9.59 Å². The third-order valence-electron chi connectivity index (χ3n) is 2.57.